The summed E-state index contributed by atoms with van der Waals surface area (Å²) in [5.41, 5.74) is 3.93. The molecule has 7 nitrogen and oxygen atoms in total. The molecule has 1 fully saturated rings. The first kappa shape index (κ1) is 18.2. The van der Waals surface area contributed by atoms with Gasteiger partial charge in [0.1, 0.15) is 6.17 Å². The van der Waals surface area contributed by atoms with Gasteiger partial charge in [0.15, 0.2) is 0 Å². The zero-order valence-electron chi connectivity index (χ0n) is 13.1. The second kappa shape index (κ2) is 7.14. The number of carbonyl (C=O) groups is 2. The van der Waals surface area contributed by atoms with E-state index in [4.69, 9.17) is 15.2 Å². The van der Waals surface area contributed by atoms with Crippen molar-refractivity contribution in [3.05, 3.63) is 29.8 Å². The van der Waals surface area contributed by atoms with E-state index in [1.807, 2.05) is 0 Å². The Labute approximate surface area is 138 Å². The van der Waals surface area contributed by atoms with Crippen LogP contribution >= 0.6 is 0 Å². The molecule has 132 valence electrons. The average molecular weight is 341 g/mol. The maximum atomic E-state index is 13.5. The van der Waals surface area contributed by atoms with Crippen LogP contribution in [0.1, 0.15) is 18.9 Å². The summed E-state index contributed by atoms with van der Waals surface area (Å²) in [5, 5.41) is 18.9. The molecule has 0 bridgehead atoms. The molecule has 1 aliphatic rings. The Morgan fingerprint density at radius 2 is 2.08 bits per heavy atom. The van der Waals surface area contributed by atoms with Crippen molar-refractivity contribution in [2.45, 2.75) is 43.7 Å². The lowest BCUT2D eigenvalue weighted by Crippen LogP contribution is -2.52. The van der Waals surface area contributed by atoms with Crippen LogP contribution in [0.15, 0.2) is 24.3 Å². The van der Waals surface area contributed by atoms with Crippen molar-refractivity contribution in [1.82, 2.24) is 0 Å². The van der Waals surface area contributed by atoms with E-state index in [0.717, 1.165) is 0 Å². The van der Waals surface area contributed by atoms with Crippen LogP contribution in [-0.2, 0) is 25.5 Å². The number of halogens is 1. The highest BCUT2D eigenvalue weighted by atomic mass is 19.1. The number of benzene rings is 1. The minimum Gasteiger partial charge on any atom is -0.479 e. The van der Waals surface area contributed by atoms with Crippen molar-refractivity contribution in [1.29, 1.82) is 0 Å². The average Bonchev–Trinajstić information content (AvgIpc) is 2.81. The molecular formula is C16H20FNO6. The fourth-order valence-corrected chi connectivity index (χ4v) is 2.64. The lowest BCUT2D eigenvalue weighted by molar-refractivity contribution is -0.187. The first-order chi connectivity index (χ1) is 11.2. The largest absolute Gasteiger partial charge is 0.479 e. The van der Waals surface area contributed by atoms with Crippen LogP contribution in [0.4, 0.5) is 10.1 Å². The second-order valence-electron chi connectivity index (χ2n) is 5.89. The lowest BCUT2D eigenvalue weighted by Gasteiger charge is -2.27. The number of carboxylic acids is 2. The molecule has 0 saturated carbocycles. The molecule has 3 unspecified atom stereocenters. The van der Waals surface area contributed by atoms with Crippen molar-refractivity contribution < 1.29 is 33.7 Å². The number of hydrogen-bond donors (Lipinski definition) is 3. The van der Waals surface area contributed by atoms with E-state index in [0.29, 0.717) is 11.3 Å². The highest BCUT2D eigenvalue weighted by molar-refractivity contribution is 6.02. The van der Waals surface area contributed by atoms with Gasteiger partial charge in [0.25, 0.3) is 5.60 Å². The third kappa shape index (κ3) is 3.82. The standard InChI is InChI=1S/C16H20FNO6/c1-9-13(17)6-12(24-9)8-23-16(14(19)20,15(21)22)7-10-3-2-4-11(18)5-10/h2-5,9,12-13H,6-8,18H2,1H3,(H,19,20)(H,21,22). The summed E-state index contributed by atoms with van der Waals surface area (Å²) in [4.78, 5) is 23.3. The van der Waals surface area contributed by atoms with Gasteiger partial charge in [-0.3, -0.25) is 0 Å². The Morgan fingerprint density at radius 1 is 1.42 bits per heavy atom. The minimum atomic E-state index is -2.49. The van der Waals surface area contributed by atoms with E-state index in [2.05, 4.69) is 0 Å². The monoisotopic (exact) mass is 341 g/mol. The van der Waals surface area contributed by atoms with Crippen LogP contribution in [0, 0.1) is 0 Å². The van der Waals surface area contributed by atoms with Gasteiger partial charge < -0.3 is 25.4 Å². The number of anilines is 1. The van der Waals surface area contributed by atoms with Crippen molar-refractivity contribution in [3.8, 4) is 0 Å². The quantitative estimate of drug-likeness (QED) is 0.504. The van der Waals surface area contributed by atoms with Gasteiger partial charge in [-0.2, -0.15) is 0 Å². The smallest absolute Gasteiger partial charge is 0.348 e. The van der Waals surface area contributed by atoms with E-state index in [9.17, 15) is 24.2 Å². The van der Waals surface area contributed by atoms with E-state index in [1.165, 1.54) is 6.07 Å². The zero-order chi connectivity index (χ0) is 17.9. The van der Waals surface area contributed by atoms with Gasteiger partial charge in [-0.1, -0.05) is 12.1 Å². The Hall–Kier alpha value is -2.19. The summed E-state index contributed by atoms with van der Waals surface area (Å²) in [5.74, 6) is -3.28. The Morgan fingerprint density at radius 3 is 2.58 bits per heavy atom. The molecule has 4 N–H and O–H groups in total. The van der Waals surface area contributed by atoms with Crippen LogP contribution in [0.3, 0.4) is 0 Å². The number of carboxylic acid groups (broad SMARTS) is 2. The Balaban J connectivity index is 2.17. The molecule has 0 aromatic heterocycles. The molecule has 0 aliphatic carbocycles. The molecule has 1 saturated heterocycles. The summed E-state index contributed by atoms with van der Waals surface area (Å²) in [6, 6.07) is 6.24. The number of ether oxygens (including phenoxy) is 2. The van der Waals surface area contributed by atoms with E-state index < -0.39 is 42.3 Å². The van der Waals surface area contributed by atoms with Crippen LogP contribution in [-0.4, -0.2) is 52.7 Å². The molecular weight excluding hydrogens is 321 g/mol. The number of hydrogen-bond acceptors (Lipinski definition) is 5. The second-order valence-corrected chi connectivity index (χ2v) is 5.89. The zero-order valence-corrected chi connectivity index (χ0v) is 13.1. The van der Waals surface area contributed by atoms with Gasteiger partial charge in [-0.25, -0.2) is 14.0 Å². The van der Waals surface area contributed by atoms with Crippen molar-refractivity contribution in [3.63, 3.8) is 0 Å². The fraction of sp³-hybridized carbons (Fsp3) is 0.500. The van der Waals surface area contributed by atoms with Gasteiger partial charge >= 0.3 is 11.9 Å². The molecule has 1 heterocycles. The molecule has 1 aromatic carbocycles. The van der Waals surface area contributed by atoms with Crippen LogP contribution < -0.4 is 5.73 Å². The van der Waals surface area contributed by atoms with Crippen LogP contribution in [0.5, 0.6) is 0 Å². The number of rotatable bonds is 7. The van der Waals surface area contributed by atoms with Gasteiger partial charge in [-0.15, -0.1) is 0 Å². The van der Waals surface area contributed by atoms with Crippen molar-refractivity contribution >= 4 is 17.6 Å². The molecule has 0 radical (unpaired) electrons. The third-order valence-electron chi connectivity index (χ3n) is 4.02. The lowest BCUT2D eigenvalue weighted by atomic mass is 9.94. The molecule has 24 heavy (non-hydrogen) atoms. The maximum absolute atomic E-state index is 13.5. The van der Waals surface area contributed by atoms with Gasteiger partial charge in [-0.05, 0) is 24.6 Å². The number of aliphatic carboxylic acids is 2. The molecule has 8 heteroatoms. The van der Waals surface area contributed by atoms with Crippen LogP contribution in [0.25, 0.3) is 0 Å². The molecule has 0 spiro atoms. The highest BCUT2D eigenvalue weighted by Crippen LogP contribution is 2.26. The Kier molecular flexibility index (Phi) is 5.40. The van der Waals surface area contributed by atoms with Crippen molar-refractivity contribution in [2.75, 3.05) is 12.3 Å². The third-order valence-corrected chi connectivity index (χ3v) is 4.02. The summed E-state index contributed by atoms with van der Waals surface area (Å²) < 4.78 is 24.0. The fourth-order valence-electron chi connectivity index (χ4n) is 2.64. The SMILES string of the molecule is CC1OC(COC(Cc2cccc(N)c2)(C(=O)O)C(=O)O)CC1F. The summed E-state index contributed by atoms with van der Waals surface area (Å²) in [6.45, 7) is 1.23. The summed E-state index contributed by atoms with van der Waals surface area (Å²) in [6.07, 6.45) is -2.87. The molecule has 1 aromatic rings. The Bertz CT molecular complexity index is 598. The van der Waals surface area contributed by atoms with Gasteiger partial charge in [0.05, 0.1) is 18.8 Å². The van der Waals surface area contributed by atoms with Crippen molar-refractivity contribution in [2.24, 2.45) is 0 Å². The topological polar surface area (TPSA) is 119 Å². The van der Waals surface area contributed by atoms with E-state index in [-0.39, 0.29) is 13.0 Å². The minimum absolute atomic E-state index is 0.0365. The predicted molar refractivity (Wildman–Crippen MR) is 82.4 cm³/mol. The molecule has 2 rings (SSSR count). The first-order valence-electron chi connectivity index (χ1n) is 7.49. The first-order valence-corrected chi connectivity index (χ1v) is 7.49. The summed E-state index contributed by atoms with van der Waals surface area (Å²) in [7, 11) is 0. The normalized spacial score (nSPS) is 24.0. The van der Waals surface area contributed by atoms with E-state index in [1.54, 1.807) is 25.1 Å². The van der Waals surface area contributed by atoms with Gasteiger partial charge in [0.2, 0.25) is 0 Å². The summed E-state index contributed by atoms with van der Waals surface area (Å²) >= 11 is 0. The number of nitrogen functional groups attached to an aromatic ring is 1. The molecule has 0 amide bonds. The molecule has 3 atom stereocenters. The van der Waals surface area contributed by atoms with Crippen LogP contribution in [0.2, 0.25) is 0 Å². The van der Waals surface area contributed by atoms with Gasteiger partial charge in [0, 0.05) is 18.5 Å². The number of alkyl halides is 1. The maximum Gasteiger partial charge on any atom is 0.348 e. The highest BCUT2D eigenvalue weighted by Gasteiger charge is 2.49. The van der Waals surface area contributed by atoms with E-state index >= 15 is 0 Å². The molecule has 1 aliphatic heterocycles. The predicted octanol–water partition coefficient (Wildman–Crippen LogP) is 1.25. The number of nitrogens with two attached hydrogens (primary N) is 1.